The van der Waals surface area contributed by atoms with Crippen LogP contribution in [0.5, 0.6) is 11.6 Å². The molecule has 34 heavy (non-hydrogen) atoms. The molecule has 5 rings (SSSR count). The molecule has 2 N–H and O–H groups in total. The first kappa shape index (κ1) is 23.9. The second-order valence-corrected chi connectivity index (χ2v) is 9.60. The van der Waals surface area contributed by atoms with E-state index in [0.29, 0.717) is 5.88 Å². The van der Waals surface area contributed by atoms with Crippen LogP contribution in [0.2, 0.25) is 0 Å². The van der Waals surface area contributed by atoms with Crippen LogP contribution in [0.3, 0.4) is 0 Å². The smallest absolute Gasteiger partial charge is 0.218 e. The molecule has 1 atom stereocenters. The number of benzene rings is 1. The Morgan fingerprint density at radius 3 is 2.53 bits per heavy atom. The fourth-order valence-electron chi connectivity index (χ4n) is 4.39. The van der Waals surface area contributed by atoms with E-state index in [4.69, 9.17) is 9.47 Å². The van der Waals surface area contributed by atoms with Crippen molar-refractivity contribution in [2.45, 2.75) is 30.3 Å². The summed E-state index contributed by atoms with van der Waals surface area (Å²) in [6.07, 6.45) is 7.83. The third-order valence-electron chi connectivity index (χ3n) is 6.19. The Morgan fingerprint density at radius 1 is 1.00 bits per heavy atom. The van der Waals surface area contributed by atoms with Crippen molar-refractivity contribution in [3.05, 3.63) is 54.5 Å². The van der Waals surface area contributed by atoms with Crippen molar-refractivity contribution in [1.29, 1.82) is 0 Å². The number of hydrogen-bond donors (Lipinski definition) is 0. The number of methoxy groups -OCH3 is 1. The summed E-state index contributed by atoms with van der Waals surface area (Å²) < 4.78 is 23.2. The highest BCUT2D eigenvalue weighted by Crippen LogP contribution is 2.35. The Labute approximate surface area is 201 Å². The number of fused-ring (bicyclic) bond motifs is 1. The van der Waals surface area contributed by atoms with Gasteiger partial charge in [-0.05, 0) is 42.3 Å². The number of pyridine rings is 1. The first-order valence-electron chi connectivity index (χ1n) is 11.1. The van der Waals surface area contributed by atoms with Crippen LogP contribution in [0.1, 0.15) is 18.4 Å². The molecule has 0 aliphatic carbocycles. The molecule has 0 amide bonds. The van der Waals surface area contributed by atoms with Crippen LogP contribution in [-0.2, 0) is 17.2 Å². The van der Waals surface area contributed by atoms with Gasteiger partial charge in [0.1, 0.15) is 29.8 Å². The van der Waals surface area contributed by atoms with Crippen LogP contribution < -0.4 is 19.3 Å². The summed E-state index contributed by atoms with van der Waals surface area (Å²) in [7, 11) is 0.666. The molecule has 2 aromatic heterocycles. The molecule has 0 spiro atoms. The normalized spacial score (nSPS) is 16.5. The van der Waals surface area contributed by atoms with E-state index in [0.717, 1.165) is 66.9 Å². The maximum absolute atomic E-state index is 11.8. The summed E-state index contributed by atoms with van der Waals surface area (Å²) in [5.41, 5.74) is 2.30. The third kappa shape index (κ3) is 4.97. The lowest BCUT2D eigenvalue weighted by molar-refractivity contribution is 0.163. The highest BCUT2D eigenvalue weighted by molar-refractivity contribution is 7.84. The summed E-state index contributed by atoms with van der Waals surface area (Å²) in [6, 6.07) is 11.8. The van der Waals surface area contributed by atoms with Crippen molar-refractivity contribution in [1.82, 2.24) is 15.0 Å². The van der Waals surface area contributed by atoms with Crippen LogP contribution in [0.15, 0.2) is 53.8 Å². The summed E-state index contributed by atoms with van der Waals surface area (Å²) in [6.45, 7) is 2.59. The topological polar surface area (TPSA) is 112 Å². The molecule has 4 heterocycles. The molecule has 0 bridgehead atoms. The average molecular weight is 484 g/mol. The summed E-state index contributed by atoms with van der Waals surface area (Å²) in [4.78, 5) is 18.6. The van der Waals surface area contributed by atoms with Crippen molar-refractivity contribution in [3.63, 3.8) is 0 Å². The fraction of sp³-hybridized carbons (Fsp3) is 0.375. The van der Waals surface area contributed by atoms with E-state index < -0.39 is 10.8 Å². The molecule has 9 nitrogen and oxygen atoms in total. The lowest BCUT2D eigenvalue weighted by atomic mass is 10.1. The zero-order chi connectivity index (χ0) is 22.8. The lowest BCUT2D eigenvalue weighted by Crippen LogP contribution is -2.38. The predicted molar refractivity (Wildman–Crippen MR) is 132 cm³/mol. The second kappa shape index (κ2) is 10.4. The molecule has 2 aliphatic rings. The van der Waals surface area contributed by atoms with Crippen LogP contribution >= 0.6 is 0 Å². The van der Waals surface area contributed by atoms with Gasteiger partial charge in [0.15, 0.2) is 0 Å². The Morgan fingerprint density at radius 2 is 1.82 bits per heavy atom. The maximum Gasteiger partial charge on any atom is 0.218 e. The van der Waals surface area contributed by atoms with Gasteiger partial charge in [-0.1, -0.05) is 0 Å². The molecule has 1 saturated heterocycles. The Hall–Kier alpha value is -3.24. The zero-order valence-electron chi connectivity index (χ0n) is 19.3. The van der Waals surface area contributed by atoms with Crippen molar-refractivity contribution in [2.24, 2.45) is 0 Å². The maximum atomic E-state index is 11.8. The van der Waals surface area contributed by atoms with Crippen molar-refractivity contribution >= 4 is 28.1 Å². The number of anilines is 3. The van der Waals surface area contributed by atoms with Gasteiger partial charge in [0.05, 0.1) is 13.3 Å². The average Bonchev–Trinajstić information content (AvgIpc) is 3.28. The van der Waals surface area contributed by atoms with E-state index >= 15 is 0 Å². The minimum Gasteiger partial charge on any atom is -0.495 e. The van der Waals surface area contributed by atoms with E-state index in [1.807, 2.05) is 36.4 Å². The lowest BCUT2D eigenvalue weighted by Gasteiger charge is -2.32. The number of hydrogen-bond acceptors (Lipinski definition) is 8. The zero-order valence-corrected chi connectivity index (χ0v) is 20.1. The molecule has 0 saturated carbocycles. The van der Waals surface area contributed by atoms with Gasteiger partial charge in [-0.2, -0.15) is 0 Å². The van der Waals surface area contributed by atoms with Crippen molar-refractivity contribution in [2.75, 3.05) is 42.8 Å². The van der Waals surface area contributed by atoms with Gasteiger partial charge >= 0.3 is 0 Å². The van der Waals surface area contributed by atoms with Crippen LogP contribution in [0, 0.1) is 0 Å². The van der Waals surface area contributed by atoms with E-state index in [-0.39, 0.29) is 11.6 Å². The summed E-state index contributed by atoms with van der Waals surface area (Å²) in [5.74, 6) is 3.14. The van der Waals surface area contributed by atoms with Crippen LogP contribution in [0.25, 0.3) is 0 Å². The molecule has 180 valence electrons. The SMILES string of the molecule is COc1ccc(N2CCC(Oc3cc(N4CCc5cc(S(C)=O)ccc54)ncn3)CC2)nc1.O. The molecule has 1 fully saturated rings. The minimum atomic E-state index is -0.979. The van der Waals surface area contributed by atoms with E-state index in [1.54, 1.807) is 25.9 Å². The number of ether oxygens (including phenoxy) is 2. The van der Waals surface area contributed by atoms with Gasteiger partial charge in [-0.25, -0.2) is 15.0 Å². The molecular formula is C24H29N5O4S. The quantitative estimate of drug-likeness (QED) is 0.526. The van der Waals surface area contributed by atoms with Crippen LogP contribution in [-0.4, -0.2) is 63.7 Å². The Bertz CT molecular complexity index is 1150. The van der Waals surface area contributed by atoms with Gasteiger partial charge in [-0.3, -0.25) is 4.21 Å². The number of aromatic nitrogens is 3. The van der Waals surface area contributed by atoms with Gasteiger partial charge in [0.2, 0.25) is 5.88 Å². The van der Waals surface area contributed by atoms with Gasteiger partial charge in [0.25, 0.3) is 0 Å². The predicted octanol–water partition coefficient (Wildman–Crippen LogP) is 2.53. The standard InChI is InChI=1S/C24H27N5O3S.H2O/c1-31-19-3-6-22(25-15-19)28-10-8-18(9-11-28)32-24-14-23(26-16-27-24)29-12-7-17-13-20(33(2)30)4-5-21(17)29;/h3-6,13-16,18H,7-12H2,1-2H3;1H2. The molecule has 2 aliphatic heterocycles. The largest absolute Gasteiger partial charge is 0.495 e. The molecule has 10 heteroatoms. The van der Waals surface area contributed by atoms with Crippen molar-refractivity contribution in [3.8, 4) is 11.6 Å². The number of piperidine rings is 1. The first-order valence-corrected chi connectivity index (χ1v) is 12.6. The van der Waals surface area contributed by atoms with Gasteiger partial charge in [-0.15, -0.1) is 0 Å². The van der Waals surface area contributed by atoms with Crippen molar-refractivity contribution < 1.29 is 19.2 Å². The minimum absolute atomic E-state index is 0. The Kier molecular flexibility index (Phi) is 7.28. The molecule has 1 aromatic carbocycles. The molecular weight excluding hydrogens is 454 g/mol. The third-order valence-corrected chi connectivity index (χ3v) is 7.11. The summed E-state index contributed by atoms with van der Waals surface area (Å²) in [5, 5.41) is 0. The van der Waals surface area contributed by atoms with E-state index in [2.05, 4.69) is 24.8 Å². The number of rotatable bonds is 6. The van der Waals surface area contributed by atoms with E-state index in [1.165, 1.54) is 5.56 Å². The van der Waals surface area contributed by atoms with Gasteiger partial charge in [0, 0.05) is 66.2 Å². The highest BCUT2D eigenvalue weighted by atomic mass is 32.2. The van der Waals surface area contributed by atoms with Crippen LogP contribution in [0.4, 0.5) is 17.3 Å². The molecule has 3 aromatic rings. The molecule has 1 unspecified atom stereocenters. The monoisotopic (exact) mass is 483 g/mol. The van der Waals surface area contributed by atoms with E-state index in [9.17, 15) is 4.21 Å². The van der Waals surface area contributed by atoms with Gasteiger partial charge < -0.3 is 24.7 Å². The fourth-order valence-corrected chi connectivity index (χ4v) is 4.96. The number of nitrogens with zero attached hydrogens (tertiary/aromatic N) is 5. The molecule has 0 radical (unpaired) electrons. The highest BCUT2D eigenvalue weighted by Gasteiger charge is 2.25. The summed E-state index contributed by atoms with van der Waals surface area (Å²) >= 11 is 0. The Balaban J connectivity index is 0.00000274. The second-order valence-electron chi connectivity index (χ2n) is 8.22. The first-order chi connectivity index (χ1) is 16.1.